The largest absolute Gasteiger partial charge is 0.356 e. The van der Waals surface area contributed by atoms with Gasteiger partial charge in [-0.1, -0.05) is 0 Å². The highest BCUT2D eigenvalue weighted by Gasteiger charge is 2.41. The Labute approximate surface area is 158 Å². The van der Waals surface area contributed by atoms with Gasteiger partial charge in [-0.3, -0.25) is 4.99 Å². The van der Waals surface area contributed by atoms with Crippen LogP contribution in [0.3, 0.4) is 0 Å². The molecule has 1 atom stereocenters. The number of halogens is 1. The van der Waals surface area contributed by atoms with E-state index in [4.69, 9.17) is 0 Å². The highest BCUT2D eigenvalue weighted by atomic mass is 127. The molecule has 4 rings (SSSR count). The molecule has 1 unspecified atom stereocenters. The Kier molecular flexibility index (Phi) is 6.10. The van der Waals surface area contributed by atoms with E-state index in [-0.39, 0.29) is 24.0 Å². The number of nitrogens with one attached hydrogen (secondary N) is 2. The van der Waals surface area contributed by atoms with E-state index < -0.39 is 0 Å². The minimum Gasteiger partial charge on any atom is -0.356 e. The first-order chi connectivity index (χ1) is 10.8. The number of hydrogen-bond acceptors (Lipinski definition) is 2. The van der Waals surface area contributed by atoms with Crippen molar-refractivity contribution in [2.45, 2.75) is 51.0 Å². The molecule has 0 bridgehead atoms. The molecule has 1 saturated heterocycles. The number of rotatable bonds is 7. The van der Waals surface area contributed by atoms with Crippen molar-refractivity contribution < 1.29 is 0 Å². The molecule has 0 spiro atoms. The SMILES string of the molecule is CN=C(NCC1CCN(C2CC2)C1)NCC(C1CC1)C1CC1.I. The Hall–Kier alpha value is -0.0400. The zero-order valence-corrected chi connectivity index (χ0v) is 16.8. The van der Waals surface area contributed by atoms with Crippen LogP contribution in [0.4, 0.5) is 0 Å². The van der Waals surface area contributed by atoms with Gasteiger partial charge in [0.15, 0.2) is 5.96 Å². The van der Waals surface area contributed by atoms with E-state index in [1.165, 1.54) is 58.0 Å². The second kappa shape index (κ2) is 7.89. The van der Waals surface area contributed by atoms with E-state index in [0.717, 1.165) is 48.8 Å². The lowest BCUT2D eigenvalue weighted by atomic mass is 9.98. The lowest BCUT2D eigenvalue weighted by Gasteiger charge is -2.20. The molecule has 0 radical (unpaired) electrons. The third-order valence-corrected chi connectivity index (χ3v) is 6.12. The van der Waals surface area contributed by atoms with E-state index >= 15 is 0 Å². The van der Waals surface area contributed by atoms with Crippen LogP contribution in [0.25, 0.3) is 0 Å². The smallest absolute Gasteiger partial charge is 0.190 e. The molecule has 2 N–H and O–H groups in total. The van der Waals surface area contributed by atoms with Crippen molar-refractivity contribution >= 4 is 29.9 Å². The van der Waals surface area contributed by atoms with Gasteiger partial charge in [-0.05, 0) is 75.2 Å². The summed E-state index contributed by atoms with van der Waals surface area (Å²) in [5.41, 5.74) is 0. The summed E-state index contributed by atoms with van der Waals surface area (Å²) in [4.78, 5) is 7.12. The Bertz CT molecular complexity index is 403. The first-order valence-corrected chi connectivity index (χ1v) is 9.52. The van der Waals surface area contributed by atoms with Crippen LogP contribution in [0.5, 0.6) is 0 Å². The summed E-state index contributed by atoms with van der Waals surface area (Å²) in [6.07, 6.45) is 10.1. The summed E-state index contributed by atoms with van der Waals surface area (Å²) in [6.45, 7) is 4.82. The molecule has 0 amide bonds. The molecule has 1 aliphatic heterocycles. The fourth-order valence-corrected chi connectivity index (χ4v) is 4.24. The minimum absolute atomic E-state index is 0. The molecule has 0 aromatic rings. The molecule has 5 heteroatoms. The quantitative estimate of drug-likeness (QED) is 0.369. The van der Waals surface area contributed by atoms with Crippen LogP contribution in [-0.2, 0) is 0 Å². The van der Waals surface area contributed by atoms with Crippen molar-refractivity contribution in [3.8, 4) is 0 Å². The number of aliphatic imine (C=N–C) groups is 1. The van der Waals surface area contributed by atoms with Crippen LogP contribution in [0.2, 0.25) is 0 Å². The van der Waals surface area contributed by atoms with Gasteiger partial charge >= 0.3 is 0 Å². The molecule has 4 fully saturated rings. The normalized spacial score (nSPS) is 28.8. The van der Waals surface area contributed by atoms with E-state index in [9.17, 15) is 0 Å². The topological polar surface area (TPSA) is 39.7 Å². The maximum atomic E-state index is 4.43. The van der Waals surface area contributed by atoms with E-state index in [2.05, 4.69) is 20.5 Å². The summed E-state index contributed by atoms with van der Waals surface area (Å²) < 4.78 is 0. The molecule has 23 heavy (non-hydrogen) atoms. The Morgan fingerprint density at radius 2 is 1.74 bits per heavy atom. The molecular weight excluding hydrogens is 399 g/mol. The highest BCUT2D eigenvalue weighted by Crippen LogP contribution is 2.48. The molecule has 3 aliphatic carbocycles. The molecule has 3 saturated carbocycles. The maximum absolute atomic E-state index is 4.43. The van der Waals surface area contributed by atoms with Crippen molar-refractivity contribution in [1.29, 1.82) is 0 Å². The zero-order valence-electron chi connectivity index (χ0n) is 14.5. The molecule has 1 heterocycles. The number of guanidine groups is 1. The molecule has 0 aromatic carbocycles. The average molecular weight is 432 g/mol. The Balaban J connectivity index is 0.00000156. The number of nitrogens with zero attached hydrogens (tertiary/aromatic N) is 2. The summed E-state index contributed by atoms with van der Waals surface area (Å²) in [5.74, 6) is 4.77. The predicted octanol–water partition coefficient (Wildman–Crippen LogP) is 2.69. The molecule has 0 aromatic heterocycles. The summed E-state index contributed by atoms with van der Waals surface area (Å²) in [5, 5.41) is 7.19. The lowest BCUT2D eigenvalue weighted by molar-refractivity contribution is 0.314. The third-order valence-electron chi connectivity index (χ3n) is 6.12. The summed E-state index contributed by atoms with van der Waals surface area (Å²) >= 11 is 0. The van der Waals surface area contributed by atoms with Crippen molar-refractivity contribution in [1.82, 2.24) is 15.5 Å². The number of hydrogen-bond donors (Lipinski definition) is 2. The van der Waals surface area contributed by atoms with Crippen molar-refractivity contribution in [3.05, 3.63) is 0 Å². The highest BCUT2D eigenvalue weighted by molar-refractivity contribution is 14.0. The first kappa shape index (κ1) is 17.8. The monoisotopic (exact) mass is 432 g/mol. The predicted molar refractivity (Wildman–Crippen MR) is 106 cm³/mol. The Morgan fingerprint density at radius 1 is 1.04 bits per heavy atom. The minimum atomic E-state index is 0. The fraction of sp³-hybridized carbons (Fsp3) is 0.944. The second-order valence-electron chi connectivity index (χ2n) is 8.05. The van der Waals surface area contributed by atoms with Gasteiger partial charge < -0.3 is 15.5 Å². The molecule has 132 valence electrons. The van der Waals surface area contributed by atoms with Crippen LogP contribution < -0.4 is 10.6 Å². The van der Waals surface area contributed by atoms with Gasteiger partial charge in [0.1, 0.15) is 0 Å². The van der Waals surface area contributed by atoms with Crippen molar-refractivity contribution in [2.75, 3.05) is 33.2 Å². The van der Waals surface area contributed by atoms with Crippen LogP contribution in [-0.4, -0.2) is 50.1 Å². The van der Waals surface area contributed by atoms with Crippen LogP contribution in [0.15, 0.2) is 4.99 Å². The summed E-state index contributed by atoms with van der Waals surface area (Å²) in [7, 11) is 1.91. The third kappa shape index (κ3) is 4.97. The van der Waals surface area contributed by atoms with Gasteiger partial charge in [-0.2, -0.15) is 0 Å². The lowest BCUT2D eigenvalue weighted by Crippen LogP contribution is -2.42. The van der Waals surface area contributed by atoms with Gasteiger partial charge in [0.25, 0.3) is 0 Å². The van der Waals surface area contributed by atoms with Crippen LogP contribution in [0, 0.1) is 23.7 Å². The van der Waals surface area contributed by atoms with Gasteiger partial charge in [-0.15, -0.1) is 24.0 Å². The van der Waals surface area contributed by atoms with Gasteiger partial charge in [0, 0.05) is 32.7 Å². The molecule has 4 nitrogen and oxygen atoms in total. The van der Waals surface area contributed by atoms with E-state index in [1.807, 2.05) is 7.05 Å². The van der Waals surface area contributed by atoms with Crippen molar-refractivity contribution in [3.63, 3.8) is 0 Å². The maximum Gasteiger partial charge on any atom is 0.190 e. The van der Waals surface area contributed by atoms with Gasteiger partial charge in [0.2, 0.25) is 0 Å². The standard InChI is InChI=1S/C18H32N4.HI/c1-19-18(21-11-17(14-2-3-14)15-4-5-15)20-10-13-8-9-22(12-13)16-6-7-16;/h13-17H,2-12H2,1H3,(H2,19,20,21);1H. The molecule has 4 aliphatic rings. The Morgan fingerprint density at radius 3 is 2.30 bits per heavy atom. The first-order valence-electron chi connectivity index (χ1n) is 9.52. The average Bonchev–Trinajstić information content (AvgIpc) is 3.37. The zero-order chi connectivity index (χ0) is 14.9. The van der Waals surface area contributed by atoms with Gasteiger partial charge in [-0.25, -0.2) is 0 Å². The fourth-order valence-electron chi connectivity index (χ4n) is 4.24. The van der Waals surface area contributed by atoms with E-state index in [0.29, 0.717) is 0 Å². The number of likely N-dealkylation sites (tertiary alicyclic amines) is 1. The van der Waals surface area contributed by atoms with E-state index in [1.54, 1.807) is 0 Å². The van der Waals surface area contributed by atoms with Crippen LogP contribution in [0.1, 0.15) is 44.9 Å². The summed E-state index contributed by atoms with van der Waals surface area (Å²) in [6, 6.07) is 0.931. The van der Waals surface area contributed by atoms with Crippen LogP contribution >= 0.6 is 24.0 Å². The molecular formula is C18H33IN4. The second-order valence-corrected chi connectivity index (χ2v) is 8.05. The van der Waals surface area contributed by atoms with Gasteiger partial charge in [0.05, 0.1) is 0 Å². The van der Waals surface area contributed by atoms with Crippen molar-refractivity contribution in [2.24, 2.45) is 28.7 Å².